The number of rotatable bonds is 6. The van der Waals surface area contributed by atoms with Gasteiger partial charge in [0.05, 0.1) is 5.75 Å². The van der Waals surface area contributed by atoms with Crippen LogP contribution in [0.2, 0.25) is 0 Å². The van der Waals surface area contributed by atoms with Crippen molar-refractivity contribution in [1.82, 2.24) is 15.2 Å². The fourth-order valence-corrected chi connectivity index (χ4v) is 2.76. The Morgan fingerprint density at radius 1 is 1.26 bits per heavy atom. The Balaban J connectivity index is 1.51. The molecule has 1 N–H and O–H groups in total. The van der Waals surface area contributed by atoms with Gasteiger partial charge in [0.15, 0.2) is 5.13 Å². The van der Waals surface area contributed by atoms with Crippen LogP contribution in [-0.4, -0.2) is 26.8 Å². The first-order valence-corrected chi connectivity index (χ1v) is 8.55. The highest BCUT2D eigenvalue weighted by atomic mass is 32.2. The number of thiazole rings is 1. The van der Waals surface area contributed by atoms with E-state index in [-0.39, 0.29) is 11.7 Å². The van der Waals surface area contributed by atoms with Crippen LogP contribution < -0.4 is 5.32 Å². The number of thioether (sulfide) groups is 1. The standard InChI is InChI=1S/C15H12N4O2S2/c20-12(17-14-16-8-9-22-14)10-23-15-19-18-13(21-15)7-6-11-4-2-1-3-5-11/h1-9H,10H2,(H,16,17,20)/b7-6+. The van der Waals surface area contributed by atoms with Crippen LogP contribution in [0.1, 0.15) is 11.5 Å². The third-order valence-electron chi connectivity index (χ3n) is 2.65. The lowest BCUT2D eigenvalue weighted by Crippen LogP contribution is -2.13. The number of carbonyl (C=O) groups excluding carboxylic acids is 1. The summed E-state index contributed by atoms with van der Waals surface area (Å²) in [6.45, 7) is 0. The maximum atomic E-state index is 11.7. The van der Waals surface area contributed by atoms with Crippen LogP contribution in [0.3, 0.4) is 0 Å². The second kappa shape index (κ2) is 7.70. The SMILES string of the molecule is O=C(CSc1nnc(/C=C/c2ccccc2)o1)Nc1nccs1. The monoisotopic (exact) mass is 344 g/mol. The zero-order valence-corrected chi connectivity index (χ0v) is 13.5. The van der Waals surface area contributed by atoms with Gasteiger partial charge in [0.2, 0.25) is 11.8 Å². The molecule has 1 aromatic carbocycles. The first-order valence-electron chi connectivity index (χ1n) is 6.68. The minimum atomic E-state index is -0.162. The molecule has 0 unspecified atom stereocenters. The molecule has 1 amide bonds. The van der Waals surface area contributed by atoms with Crippen molar-refractivity contribution in [2.75, 3.05) is 11.1 Å². The second-order valence-electron chi connectivity index (χ2n) is 4.32. The highest BCUT2D eigenvalue weighted by Gasteiger charge is 2.09. The summed E-state index contributed by atoms with van der Waals surface area (Å²) >= 11 is 2.55. The Bertz CT molecular complexity index is 785. The second-order valence-corrected chi connectivity index (χ2v) is 6.15. The van der Waals surface area contributed by atoms with Gasteiger partial charge in [0.1, 0.15) is 0 Å². The molecule has 3 aromatic rings. The van der Waals surface area contributed by atoms with E-state index in [1.165, 1.54) is 23.1 Å². The Hall–Kier alpha value is -2.45. The van der Waals surface area contributed by atoms with Gasteiger partial charge in [-0.25, -0.2) is 4.98 Å². The molecule has 0 bridgehead atoms. The molecule has 0 aliphatic rings. The molecule has 0 aliphatic carbocycles. The van der Waals surface area contributed by atoms with Crippen LogP contribution in [-0.2, 0) is 4.79 Å². The lowest BCUT2D eigenvalue weighted by Gasteiger charge is -1.98. The molecule has 23 heavy (non-hydrogen) atoms. The molecule has 3 rings (SSSR count). The van der Waals surface area contributed by atoms with E-state index >= 15 is 0 Å². The van der Waals surface area contributed by atoms with Crippen LogP contribution in [0.25, 0.3) is 12.2 Å². The molecule has 2 aromatic heterocycles. The topological polar surface area (TPSA) is 80.9 Å². The molecule has 0 saturated carbocycles. The van der Waals surface area contributed by atoms with Gasteiger partial charge >= 0.3 is 0 Å². The maximum Gasteiger partial charge on any atom is 0.277 e. The van der Waals surface area contributed by atoms with Gasteiger partial charge in [-0.1, -0.05) is 42.1 Å². The van der Waals surface area contributed by atoms with Crippen LogP contribution >= 0.6 is 23.1 Å². The van der Waals surface area contributed by atoms with Crippen LogP contribution in [0, 0.1) is 0 Å². The fourth-order valence-electron chi connectivity index (χ4n) is 1.65. The molecule has 0 radical (unpaired) electrons. The summed E-state index contributed by atoms with van der Waals surface area (Å²) in [7, 11) is 0. The first-order chi connectivity index (χ1) is 11.3. The normalized spacial score (nSPS) is 11.0. The number of amides is 1. The van der Waals surface area contributed by atoms with Crippen LogP contribution in [0.5, 0.6) is 0 Å². The van der Waals surface area contributed by atoms with Crippen molar-refractivity contribution in [3.8, 4) is 0 Å². The summed E-state index contributed by atoms with van der Waals surface area (Å²) in [5.41, 5.74) is 1.04. The van der Waals surface area contributed by atoms with Crippen molar-refractivity contribution in [2.24, 2.45) is 0 Å². The van der Waals surface area contributed by atoms with Crippen molar-refractivity contribution < 1.29 is 9.21 Å². The average molecular weight is 344 g/mol. The lowest BCUT2D eigenvalue weighted by molar-refractivity contribution is -0.113. The van der Waals surface area contributed by atoms with Crippen molar-refractivity contribution in [2.45, 2.75) is 5.22 Å². The van der Waals surface area contributed by atoms with E-state index in [1.54, 1.807) is 17.7 Å². The van der Waals surface area contributed by atoms with Gasteiger partial charge < -0.3 is 9.73 Å². The van der Waals surface area contributed by atoms with Crippen molar-refractivity contribution >= 4 is 46.3 Å². The van der Waals surface area contributed by atoms with Gasteiger partial charge in [0, 0.05) is 17.7 Å². The molecule has 0 spiro atoms. The summed E-state index contributed by atoms with van der Waals surface area (Å²) in [6, 6.07) is 9.82. The Kier molecular flexibility index (Phi) is 5.17. The third kappa shape index (κ3) is 4.76. The number of carbonyl (C=O) groups is 1. The molecule has 6 nitrogen and oxygen atoms in total. The number of hydrogen-bond acceptors (Lipinski definition) is 7. The Morgan fingerprint density at radius 3 is 2.91 bits per heavy atom. The maximum absolute atomic E-state index is 11.7. The highest BCUT2D eigenvalue weighted by Crippen LogP contribution is 2.18. The molecule has 0 saturated heterocycles. The van der Waals surface area contributed by atoms with Crippen molar-refractivity contribution in [3.05, 3.63) is 53.4 Å². The van der Waals surface area contributed by atoms with Gasteiger partial charge in [-0.3, -0.25) is 4.79 Å². The average Bonchev–Trinajstić information content (AvgIpc) is 3.24. The number of anilines is 1. The van der Waals surface area contributed by atoms with E-state index in [1.807, 2.05) is 36.4 Å². The minimum absolute atomic E-state index is 0.162. The van der Waals surface area contributed by atoms with E-state index in [9.17, 15) is 4.79 Å². The van der Waals surface area contributed by atoms with E-state index in [4.69, 9.17) is 4.42 Å². The summed E-state index contributed by atoms with van der Waals surface area (Å²) in [5.74, 6) is 0.421. The number of nitrogens with zero attached hydrogens (tertiary/aromatic N) is 3. The fraction of sp³-hybridized carbons (Fsp3) is 0.0667. The van der Waals surface area contributed by atoms with E-state index in [0.717, 1.165) is 5.56 Å². The van der Waals surface area contributed by atoms with E-state index in [2.05, 4.69) is 20.5 Å². The zero-order chi connectivity index (χ0) is 15.9. The predicted octanol–water partition coefficient (Wildman–Crippen LogP) is 3.43. The molecule has 8 heteroatoms. The van der Waals surface area contributed by atoms with Gasteiger partial charge in [-0.15, -0.1) is 21.5 Å². The molecule has 0 atom stereocenters. The number of benzene rings is 1. The van der Waals surface area contributed by atoms with Gasteiger partial charge in [0.25, 0.3) is 5.22 Å². The van der Waals surface area contributed by atoms with Gasteiger partial charge in [-0.2, -0.15) is 0 Å². The first kappa shape index (κ1) is 15.4. The molecule has 0 fully saturated rings. The summed E-state index contributed by atoms with van der Waals surface area (Å²) in [6.07, 6.45) is 5.26. The minimum Gasteiger partial charge on any atom is -0.412 e. The Morgan fingerprint density at radius 2 is 2.13 bits per heavy atom. The van der Waals surface area contributed by atoms with Crippen LogP contribution in [0.4, 0.5) is 5.13 Å². The predicted molar refractivity (Wildman–Crippen MR) is 91.1 cm³/mol. The third-order valence-corrected chi connectivity index (χ3v) is 4.15. The number of aromatic nitrogens is 3. The lowest BCUT2D eigenvalue weighted by atomic mass is 10.2. The largest absolute Gasteiger partial charge is 0.412 e. The van der Waals surface area contributed by atoms with E-state index in [0.29, 0.717) is 16.2 Å². The molecule has 2 heterocycles. The molecule has 116 valence electrons. The van der Waals surface area contributed by atoms with Crippen molar-refractivity contribution in [3.63, 3.8) is 0 Å². The smallest absolute Gasteiger partial charge is 0.277 e. The highest BCUT2D eigenvalue weighted by molar-refractivity contribution is 7.99. The molecular formula is C15H12N4O2S2. The summed E-state index contributed by atoms with van der Waals surface area (Å²) < 4.78 is 5.45. The quantitative estimate of drug-likeness (QED) is 0.690. The number of nitrogens with one attached hydrogen (secondary N) is 1. The molecule has 0 aliphatic heterocycles. The zero-order valence-electron chi connectivity index (χ0n) is 11.9. The summed E-state index contributed by atoms with van der Waals surface area (Å²) in [4.78, 5) is 15.7. The molecular weight excluding hydrogens is 332 g/mol. The summed E-state index contributed by atoms with van der Waals surface area (Å²) in [5, 5.41) is 13.2. The van der Waals surface area contributed by atoms with Crippen molar-refractivity contribution in [1.29, 1.82) is 0 Å². The van der Waals surface area contributed by atoms with Crippen LogP contribution in [0.15, 0.2) is 51.5 Å². The van der Waals surface area contributed by atoms with E-state index < -0.39 is 0 Å². The Labute approximate surface area is 140 Å². The number of hydrogen-bond donors (Lipinski definition) is 1. The van der Waals surface area contributed by atoms with Gasteiger partial charge in [-0.05, 0) is 11.6 Å².